The van der Waals surface area contributed by atoms with E-state index in [4.69, 9.17) is 22.1 Å². The number of nitrogens with two attached hydrogens (primary N) is 1. The van der Waals surface area contributed by atoms with Crippen LogP contribution in [0.25, 0.3) is 0 Å². The van der Waals surface area contributed by atoms with Gasteiger partial charge in [0.1, 0.15) is 11.6 Å². The molecule has 0 bridgehead atoms. The van der Waals surface area contributed by atoms with Gasteiger partial charge in [-0.3, -0.25) is 4.79 Å². The molecular weight excluding hydrogens is 221 g/mol. The third-order valence-electron chi connectivity index (χ3n) is 1.91. The average Bonchev–Trinajstić information content (AvgIpc) is 2.21. The zero-order valence-electron chi connectivity index (χ0n) is 8.22. The molecule has 0 amide bonds. The van der Waals surface area contributed by atoms with E-state index < -0.39 is 5.82 Å². The van der Waals surface area contributed by atoms with E-state index in [0.29, 0.717) is 0 Å². The fraction of sp³-hybridized carbons (Fsp3) is 0.300. The second-order valence-electron chi connectivity index (χ2n) is 2.93. The fourth-order valence-electron chi connectivity index (χ4n) is 1.16. The molecule has 1 aromatic rings. The van der Waals surface area contributed by atoms with Crippen molar-refractivity contribution in [1.29, 1.82) is 0 Å². The van der Waals surface area contributed by atoms with Crippen molar-refractivity contribution in [3.05, 3.63) is 28.5 Å². The highest BCUT2D eigenvalue weighted by atomic mass is 35.5. The Labute approximate surface area is 92.0 Å². The zero-order chi connectivity index (χ0) is 11.4. The van der Waals surface area contributed by atoms with Crippen LogP contribution in [-0.4, -0.2) is 19.4 Å². The van der Waals surface area contributed by atoms with E-state index in [0.717, 1.165) is 6.07 Å². The Balaban J connectivity index is 3.10. The lowest BCUT2D eigenvalue weighted by Gasteiger charge is -2.06. The average molecular weight is 232 g/mol. The van der Waals surface area contributed by atoms with E-state index in [9.17, 15) is 9.18 Å². The number of ether oxygens (including phenoxy) is 1. The first kappa shape index (κ1) is 11.9. The van der Waals surface area contributed by atoms with Crippen molar-refractivity contribution < 1.29 is 13.9 Å². The fourth-order valence-corrected chi connectivity index (χ4v) is 1.41. The van der Waals surface area contributed by atoms with Gasteiger partial charge in [-0.1, -0.05) is 11.6 Å². The van der Waals surface area contributed by atoms with E-state index >= 15 is 0 Å². The van der Waals surface area contributed by atoms with Crippen LogP contribution in [-0.2, 0) is 0 Å². The molecule has 0 aliphatic carbocycles. The smallest absolute Gasteiger partial charge is 0.167 e. The molecule has 0 atom stereocenters. The minimum absolute atomic E-state index is 0.0498. The minimum atomic E-state index is -0.644. The Bertz CT molecular complexity index is 382. The van der Waals surface area contributed by atoms with Gasteiger partial charge in [-0.2, -0.15) is 0 Å². The lowest BCUT2D eigenvalue weighted by molar-refractivity contribution is 0.0981. The third-order valence-corrected chi connectivity index (χ3v) is 2.21. The number of carbonyl (C=O) groups excluding carboxylic acids is 1. The second-order valence-corrected chi connectivity index (χ2v) is 3.34. The van der Waals surface area contributed by atoms with Crippen LogP contribution >= 0.6 is 11.6 Å². The first-order valence-corrected chi connectivity index (χ1v) is 4.74. The van der Waals surface area contributed by atoms with Gasteiger partial charge in [0.25, 0.3) is 0 Å². The van der Waals surface area contributed by atoms with Crippen molar-refractivity contribution in [2.75, 3.05) is 13.7 Å². The molecule has 5 heteroatoms. The second kappa shape index (κ2) is 5.09. The molecule has 0 fully saturated rings. The van der Waals surface area contributed by atoms with Gasteiger partial charge >= 0.3 is 0 Å². The molecule has 0 radical (unpaired) electrons. The topological polar surface area (TPSA) is 52.3 Å². The van der Waals surface area contributed by atoms with Crippen LogP contribution in [0, 0.1) is 5.82 Å². The lowest BCUT2D eigenvalue weighted by atomic mass is 10.1. The Hall–Kier alpha value is -1.13. The van der Waals surface area contributed by atoms with Gasteiger partial charge in [0.2, 0.25) is 0 Å². The summed E-state index contributed by atoms with van der Waals surface area (Å²) in [5.74, 6) is -0.798. The summed E-state index contributed by atoms with van der Waals surface area (Å²) in [6, 6.07) is 2.35. The van der Waals surface area contributed by atoms with Crippen LogP contribution in [0.4, 0.5) is 4.39 Å². The molecule has 0 aliphatic heterocycles. The van der Waals surface area contributed by atoms with Gasteiger partial charge in [0.15, 0.2) is 5.78 Å². The maximum Gasteiger partial charge on any atom is 0.167 e. The molecule has 0 unspecified atom stereocenters. The summed E-state index contributed by atoms with van der Waals surface area (Å²) in [6.45, 7) is 0.182. The quantitative estimate of drug-likeness (QED) is 0.807. The van der Waals surface area contributed by atoms with E-state index in [-0.39, 0.29) is 35.1 Å². The Kier molecular flexibility index (Phi) is 4.05. The largest absolute Gasteiger partial charge is 0.495 e. The molecule has 0 aliphatic rings. The number of benzene rings is 1. The molecule has 0 saturated heterocycles. The van der Waals surface area contributed by atoms with Crippen molar-refractivity contribution >= 4 is 17.4 Å². The Morgan fingerprint density at radius 1 is 1.60 bits per heavy atom. The van der Waals surface area contributed by atoms with Gasteiger partial charge in [-0.25, -0.2) is 4.39 Å². The van der Waals surface area contributed by atoms with Crippen molar-refractivity contribution in [2.24, 2.45) is 5.73 Å². The third kappa shape index (κ3) is 2.67. The lowest BCUT2D eigenvalue weighted by Crippen LogP contribution is -2.10. The van der Waals surface area contributed by atoms with Gasteiger partial charge in [0.05, 0.1) is 17.7 Å². The number of Topliss-reactive ketones (excluding diaryl/α,β-unsaturated/α-hetero) is 1. The predicted octanol–water partition coefficient (Wildman–Crippen LogP) is 2.02. The van der Waals surface area contributed by atoms with Crippen LogP contribution in [0.5, 0.6) is 5.75 Å². The summed E-state index contributed by atoms with van der Waals surface area (Å²) in [5, 5.41) is 0.208. The molecule has 2 N–H and O–H groups in total. The first-order valence-electron chi connectivity index (χ1n) is 4.36. The summed E-state index contributed by atoms with van der Waals surface area (Å²) < 4.78 is 18.2. The molecule has 15 heavy (non-hydrogen) atoms. The summed E-state index contributed by atoms with van der Waals surface area (Å²) in [5.41, 5.74) is 5.16. The van der Waals surface area contributed by atoms with Crippen LogP contribution in [0.15, 0.2) is 12.1 Å². The minimum Gasteiger partial charge on any atom is -0.495 e. The molecule has 0 heterocycles. The van der Waals surface area contributed by atoms with Crippen molar-refractivity contribution in [3.8, 4) is 5.75 Å². The molecule has 82 valence electrons. The highest BCUT2D eigenvalue weighted by Crippen LogP contribution is 2.27. The van der Waals surface area contributed by atoms with Crippen molar-refractivity contribution in [2.45, 2.75) is 6.42 Å². The zero-order valence-corrected chi connectivity index (χ0v) is 8.97. The maximum atomic E-state index is 13.4. The van der Waals surface area contributed by atoms with Gasteiger partial charge in [0, 0.05) is 12.5 Å². The Morgan fingerprint density at radius 2 is 2.27 bits per heavy atom. The number of halogens is 2. The van der Waals surface area contributed by atoms with E-state index in [1.807, 2.05) is 0 Å². The standard InChI is InChI=1S/C10H11ClFNO2/c1-15-10-5-8(12)6(4-7(10)11)9(14)2-3-13/h4-5H,2-3,13H2,1H3. The van der Waals surface area contributed by atoms with Crippen molar-refractivity contribution in [1.82, 2.24) is 0 Å². The maximum absolute atomic E-state index is 13.4. The van der Waals surface area contributed by atoms with E-state index in [2.05, 4.69) is 0 Å². The molecule has 1 aromatic carbocycles. The molecular formula is C10H11ClFNO2. The van der Waals surface area contributed by atoms with Gasteiger partial charge in [-0.05, 0) is 12.6 Å². The Morgan fingerprint density at radius 3 is 2.80 bits per heavy atom. The number of carbonyl (C=O) groups is 1. The highest BCUT2D eigenvalue weighted by molar-refractivity contribution is 6.32. The number of hydrogen-bond acceptors (Lipinski definition) is 3. The van der Waals surface area contributed by atoms with Crippen molar-refractivity contribution in [3.63, 3.8) is 0 Å². The van der Waals surface area contributed by atoms with Crippen LogP contribution in [0.3, 0.4) is 0 Å². The summed E-state index contributed by atoms with van der Waals surface area (Å²) >= 11 is 5.77. The monoisotopic (exact) mass is 231 g/mol. The molecule has 1 rings (SSSR count). The van der Waals surface area contributed by atoms with Gasteiger partial charge in [-0.15, -0.1) is 0 Å². The molecule has 0 saturated carbocycles. The highest BCUT2D eigenvalue weighted by Gasteiger charge is 2.14. The summed E-state index contributed by atoms with van der Waals surface area (Å²) in [4.78, 5) is 11.4. The van der Waals surface area contributed by atoms with E-state index in [1.165, 1.54) is 13.2 Å². The van der Waals surface area contributed by atoms with Crippen LogP contribution in [0.1, 0.15) is 16.8 Å². The predicted molar refractivity (Wildman–Crippen MR) is 56.0 cm³/mol. The summed E-state index contributed by atoms with van der Waals surface area (Å²) in [6.07, 6.45) is 0.0968. The number of rotatable bonds is 4. The van der Waals surface area contributed by atoms with Crippen LogP contribution < -0.4 is 10.5 Å². The summed E-state index contributed by atoms with van der Waals surface area (Å²) in [7, 11) is 1.38. The molecule has 0 aromatic heterocycles. The molecule has 0 spiro atoms. The van der Waals surface area contributed by atoms with Crippen LogP contribution in [0.2, 0.25) is 5.02 Å². The number of hydrogen-bond donors (Lipinski definition) is 1. The molecule has 3 nitrogen and oxygen atoms in total. The first-order chi connectivity index (χ1) is 7.10. The number of ketones is 1. The van der Waals surface area contributed by atoms with E-state index in [1.54, 1.807) is 0 Å². The normalized spacial score (nSPS) is 10.1. The number of methoxy groups -OCH3 is 1. The van der Waals surface area contributed by atoms with Gasteiger partial charge < -0.3 is 10.5 Å². The SMILES string of the molecule is COc1cc(F)c(C(=O)CCN)cc1Cl.